The fourth-order valence-corrected chi connectivity index (χ4v) is 1.27. The molecule has 0 aliphatic carbocycles. The molecular weight excluding hydrogens is 144 g/mol. The molecular formula is C7H13N2O2+. The minimum atomic E-state index is -0.927. The highest BCUT2D eigenvalue weighted by Crippen LogP contribution is 2.24. The van der Waals surface area contributed by atoms with E-state index in [9.17, 15) is 9.70 Å². The van der Waals surface area contributed by atoms with Gasteiger partial charge >= 0.3 is 5.91 Å². The van der Waals surface area contributed by atoms with Crippen LogP contribution in [0, 0.1) is 4.91 Å². The fraction of sp³-hybridized carbons (Fsp3) is 0.857. The van der Waals surface area contributed by atoms with E-state index in [-0.39, 0.29) is 5.91 Å². The van der Waals surface area contributed by atoms with Gasteiger partial charge < -0.3 is 0 Å². The largest absolute Gasteiger partial charge is 0.300 e. The number of carbonyl (C=O) groups excluding carboxylic acids is 1. The van der Waals surface area contributed by atoms with Crippen LogP contribution in [0.25, 0.3) is 0 Å². The second kappa shape index (κ2) is 1.81. The molecule has 1 aliphatic rings. The first kappa shape index (κ1) is 8.17. The van der Waals surface area contributed by atoms with Crippen LogP contribution in [-0.2, 0) is 4.79 Å². The van der Waals surface area contributed by atoms with E-state index in [1.54, 1.807) is 27.7 Å². The maximum absolute atomic E-state index is 11.4. The van der Waals surface area contributed by atoms with E-state index in [0.717, 1.165) is 4.76 Å². The Kier molecular flexibility index (Phi) is 1.34. The molecule has 0 aromatic rings. The number of carbonyl (C=O) groups is 1. The van der Waals surface area contributed by atoms with Crippen LogP contribution in [0.4, 0.5) is 0 Å². The lowest BCUT2D eigenvalue weighted by Gasteiger charge is -2.08. The van der Waals surface area contributed by atoms with Gasteiger partial charge in [-0.3, -0.25) is 10.1 Å². The maximum Gasteiger partial charge on any atom is 0.300 e. The molecule has 1 aliphatic heterocycles. The lowest BCUT2D eigenvalue weighted by Crippen LogP contribution is -2.42. The highest BCUT2D eigenvalue weighted by Gasteiger charge is 2.60. The molecule has 11 heavy (non-hydrogen) atoms. The van der Waals surface area contributed by atoms with Crippen LogP contribution in [-0.4, -0.2) is 21.9 Å². The molecule has 0 saturated carbocycles. The Morgan fingerprint density at radius 2 is 1.73 bits per heavy atom. The van der Waals surface area contributed by atoms with Gasteiger partial charge in [-0.2, -0.15) is 0 Å². The number of nitrogens with one attached hydrogen (secondary N) is 1. The molecule has 1 fully saturated rings. The van der Waals surface area contributed by atoms with Crippen molar-refractivity contribution in [3.05, 3.63) is 4.91 Å². The summed E-state index contributed by atoms with van der Waals surface area (Å²) in [5.41, 5.74) is -1.69. The zero-order chi connectivity index (χ0) is 8.86. The van der Waals surface area contributed by atoms with Crippen molar-refractivity contribution in [2.45, 2.75) is 38.9 Å². The predicted octanol–water partition coefficient (Wildman–Crippen LogP) is 0.410. The molecule has 1 N–H and O–H groups in total. The summed E-state index contributed by atoms with van der Waals surface area (Å²) in [7, 11) is 0. The van der Waals surface area contributed by atoms with E-state index in [1.165, 1.54) is 0 Å². The monoisotopic (exact) mass is 157 g/mol. The molecule has 1 rings (SSSR count). The third-order valence-electron chi connectivity index (χ3n) is 1.99. The van der Waals surface area contributed by atoms with Gasteiger partial charge in [-0.05, 0) is 0 Å². The predicted molar refractivity (Wildman–Crippen MR) is 39.9 cm³/mol. The van der Waals surface area contributed by atoms with Crippen molar-refractivity contribution in [3.63, 3.8) is 0 Å². The zero-order valence-corrected chi connectivity index (χ0v) is 7.26. The molecule has 1 heterocycles. The van der Waals surface area contributed by atoms with Gasteiger partial charge in [0.1, 0.15) is 0 Å². The smallest absolute Gasteiger partial charge is 0.287 e. The number of hydrogen-bond acceptors (Lipinski definition) is 2. The van der Waals surface area contributed by atoms with Crippen LogP contribution >= 0.6 is 0 Å². The van der Waals surface area contributed by atoms with Crippen molar-refractivity contribution >= 4 is 5.91 Å². The number of nitroso groups, excluding NO2 is 1. The third-order valence-corrected chi connectivity index (χ3v) is 1.99. The maximum atomic E-state index is 11.4. The molecule has 0 spiro atoms. The van der Waals surface area contributed by atoms with E-state index < -0.39 is 11.2 Å². The van der Waals surface area contributed by atoms with Crippen molar-refractivity contribution in [1.82, 2.24) is 5.32 Å². The molecule has 0 bridgehead atoms. The molecule has 0 radical (unpaired) electrons. The van der Waals surface area contributed by atoms with Crippen LogP contribution in [0.1, 0.15) is 27.7 Å². The lowest BCUT2D eigenvalue weighted by atomic mass is 10.1. The average Bonchev–Trinajstić information content (AvgIpc) is 1.94. The Morgan fingerprint density at radius 3 is 1.82 bits per heavy atom. The summed E-state index contributed by atoms with van der Waals surface area (Å²) < 4.78 is 0.794. The van der Waals surface area contributed by atoms with Crippen molar-refractivity contribution in [1.29, 1.82) is 0 Å². The number of nitrogens with zero attached hydrogens (tertiary/aromatic N) is 1. The summed E-state index contributed by atoms with van der Waals surface area (Å²) in [4.78, 5) is 22.6. The van der Waals surface area contributed by atoms with Crippen LogP contribution in [0.2, 0.25) is 0 Å². The van der Waals surface area contributed by atoms with Gasteiger partial charge in [-0.15, -0.1) is 0 Å². The Balaban J connectivity index is 3.09. The van der Waals surface area contributed by atoms with Gasteiger partial charge in [-0.25, -0.2) is 0 Å². The van der Waals surface area contributed by atoms with Crippen molar-refractivity contribution in [2.75, 3.05) is 0 Å². The van der Waals surface area contributed by atoms with Gasteiger partial charge in [0.25, 0.3) is 11.2 Å². The first-order valence-corrected chi connectivity index (χ1v) is 3.58. The first-order valence-electron chi connectivity index (χ1n) is 3.58. The van der Waals surface area contributed by atoms with E-state index in [4.69, 9.17) is 0 Å². The molecule has 4 heteroatoms. The minimum Gasteiger partial charge on any atom is -0.287 e. The Bertz CT molecular complexity index is 231. The number of rotatable bonds is 0. The lowest BCUT2D eigenvalue weighted by molar-refractivity contribution is -0.654. The van der Waals surface area contributed by atoms with Crippen molar-refractivity contribution < 1.29 is 9.55 Å². The second-order valence-electron chi connectivity index (χ2n) is 3.87. The van der Waals surface area contributed by atoms with Crippen LogP contribution in [0.5, 0.6) is 0 Å². The number of amides is 1. The topological polar surface area (TPSA) is 49.2 Å². The summed E-state index contributed by atoms with van der Waals surface area (Å²) in [6, 6.07) is 0. The quantitative estimate of drug-likeness (QED) is 0.518. The van der Waals surface area contributed by atoms with E-state index in [2.05, 4.69) is 5.32 Å². The third kappa shape index (κ3) is 0.931. The molecule has 0 aromatic carbocycles. The first-order chi connectivity index (χ1) is 4.78. The molecule has 0 unspecified atom stereocenters. The van der Waals surface area contributed by atoms with Crippen LogP contribution in [0.3, 0.4) is 0 Å². The molecule has 0 aromatic heterocycles. The summed E-state index contributed by atoms with van der Waals surface area (Å²) in [5.74, 6) is -0.211. The molecule has 1 amide bonds. The highest BCUT2D eigenvalue weighted by atomic mass is 16.3. The van der Waals surface area contributed by atoms with Gasteiger partial charge in [-0.1, -0.05) is 0 Å². The Labute approximate surface area is 65.5 Å². The zero-order valence-electron chi connectivity index (χ0n) is 7.26. The van der Waals surface area contributed by atoms with Crippen LogP contribution in [0.15, 0.2) is 0 Å². The summed E-state index contributed by atoms with van der Waals surface area (Å²) in [5, 5.41) is 2.61. The van der Waals surface area contributed by atoms with Gasteiger partial charge in [0.15, 0.2) is 0 Å². The molecule has 62 valence electrons. The van der Waals surface area contributed by atoms with E-state index in [0.29, 0.717) is 0 Å². The summed E-state index contributed by atoms with van der Waals surface area (Å²) in [6.07, 6.45) is 0. The van der Waals surface area contributed by atoms with Crippen molar-refractivity contribution in [2.24, 2.45) is 0 Å². The Hall–Kier alpha value is -0.930. The minimum absolute atomic E-state index is 0.211. The average molecular weight is 157 g/mol. The Morgan fingerprint density at radius 1 is 1.27 bits per heavy atom. The normalized spacial score (nSPS) is 26.9. The fourth-order valence-electron chi connectivity index (χ4n) is 1.27. The second-order valence-corrected chi connectivity index (χ2v) is 3.87. The van der Waals surface area contributed by atoms with Gasteiger partial charge in [0.2, 0.25) is 0 Å². The number of hydrogen-bond donors (Lipinski definition) is 1. The van der Waals surface area contributed by atoms with Gasteiger partial charge in [0.05, 0.1) is 0 Å². The highest BCUT2D eigenvalue weighted by molar-refractivity contribution is 5.85. The van der Waals surface area contributed by atoms with Crippen molar-refractivity contribution in [3.8, 4) is 0 Å². The van der Waals surface area contributed by atoms with E-state index >= 15 is 0 Å². The molecule has 0 atom stereocenters. The molecule has 1 saturated heterocycles. The van der Waals surface area contributed by atoms with Gasteiger partial charge in [0, 0.05) is 37.4 Å². The SMILES string of the molecule is CC1(C)NC(=O)C(C)(C)[N+]1=O. The van der Waals surface area contributed by atoms with E-state index in [1.807, 2.05) is 0 Å². The van der Waals surface area contributed by atoms with Crippen LogP contribution < -0.4 is 5.32 Å². The standard InChI is InChI=1S/C7H12N2O2/c1-6(2)5(10)8-7(3,4)9(6)11/h1-4H3/p+1. The molecule has 4 nitrogen and oxygen atoms in total. The summed E-state index contributed by atoms with van der Waals surface area (Å²) in [6.45, 7) is 6.60. The summed E-state index contributed by atoms with van der Waals surface area (Å²) >= 11 is 0.